The number of carbonyl (C=O) groups is 1. The fraction of sp³-hybridized carbons (Fsp3) is 0.0667. The van der Waals surface area contributed by atoms with Crippen LogP contribution in [0.15, 0.2) is 47.6 Å². The summed E-state index contributed by atoms with van der Waals surface area (Å²) in [6, 6.07) is 10.5. The van der Waals surface area contributed by atoms with Crippen LogP contribution in [0.4, 0.5) is 5.69 Å². The standard InChI is InChI=1S/C15H12ClN3O4/c1-23-13-4-2-3-10(8-13)15(20)18-17-9-11-7-12(19(21)22)5-6-14(11)16/h2-9H,1H3,(H,18,20)/b17-9-. The Kier molecular flexibility index (Phi) is 5.27. The molecule has 0 aliphatic carbocycles. The molecule has 0 aliphatic rings. The molecule has 0 spiro atoms. The number of hydrazone groups is 1. The third kappa shape index (κ3) is 4.27. The number of ether oxygens (including phenoxy) is 1. The van der Waals surface area contributed by atoms with Crippen LogP contribution in [-0.2, 0) is 0 Å². The summed E-state index contributed by atoms with van der Waals surface area (Å²) in [5, 5.41) is 14.8. The number of nitrogens with zero attached hydrogens (tertiary/aromatic N) is 2. The second-order valence-corrected chi connectivity index (χ2v) is 4.80. The summed E-state index contributed by atoms with van der Waals surface area (Å²) in [5.41, 5.74) is 2.90. The van der Waals surface area contributed by atoms with Gasteiger partial charge in [0.25, 0.3) is 11.6 Å². The van der Waals surface area contributed by atoms with Crippen LogP contribution in [0.5, 0.6) is 5.75 Å². The summed E-state index contributed by atoms with van der Waals surface area (Å²) in [6.07, 6.45) is 1.24. The molecule has 2 rings (SSSR count). The summed E-state index contributed by atoms with van der Waals surface area (Å²) in [7, 11) is 1.50. The molecular weight excluding hydrogens is 322 g/mol. The quantitative estimate of drug-likeness (QED) is 0.517. The fourth-order valence-electron chi connectivity index (χ4n) is 1.73. The van der Waals surface area contributed by atoms with E-state index in [1.165, 1.54) is 31.5 Å². The van der Waals surface area contributed by atoms with Crippen molar-refractivity contribution in [2.75, 3.05) is 7.11 Å². The van der Waals surface area contributed by atoms with E-state index >= 15 is 0 Å². The summed E-state index contributed by atoms with van der Waals surface area (Å²) < 4.78 is 5.03. The number of methoxy groups -OCH3 is 1. The van der Waals surface area contributed by atoms with Gasteiger partial charge >= 0.3 is 0 Å². The van der Waals surface area contributed by atoms with Crippen LogP contribution in [0.3, 0.4) is 0 Å². The molecule has 0 fully saturated rings. The van der Waals surface area contributed by atoms with Crippen molar-refractivity contribution in [2.24, 2.45) is 5.10 Å². The topological polar surface area (TPSA) is 93.8 Å². The van der Waals surface area contributed by atoms with E-state index in [0.717, 1.165) is 0 Å². The van der Waals surface area contributed by atoms with Crippen LogP contribution in [0.1, 0.15) is 15.9 Å². The molecule has 8 heteroatoms. The van der Waals surface area contributed by atoms with Gasteiger partial charge in [-0.3, -0.25) is 14.9 Å². The van der Waals surface area contributed by atoms with Crippen LogP contribution in [0, 0.1) is 10.1 Å². The van der Waals surface area contributed by atoms with E-state index in [9.17, 15) is 14.9 Å². The fourth-order valence-corrected chi connectivity index (χ4v) is 1.90. The first-order chi connectivity index (χ1) is 11.0. The van der Waals surface area contributed by atoms with Gasteiger partial charge in [0.1, 0.15) is 5.75 Å². The molecular formula is C15H12ClN3O4. The first kappa shape index (κ1) is 16.4. The van der Waals surface area contributed by atoms with Gasteiger partial charge in [0, 0.05) is 28.3 Å². The maximum atomic E-state index is 11.9. The Morgan fingerprint density at radius 2 is 2.13 bits per heavy atom. The lowest BCUT2D eigenvalue weighted by molar-refractivity contribution is -0.384. The van der Waals surface area contributed by atoms with E-state index in [-0.39, 0.29) is 10.7 Å². The third-order valence-electron chi connectivity index (χ3n) is 2.89. The molecule has 1 N–H and O–H groups in total. The number of hydrogen-bond acceptors (Lipinski definition) is 5. The summed E-state index contributed by atoms with van der Waals surface area (Å²) in [5.74, 6) is 0.102. The molecule has 0 heterocycles. The lowest BCUT2D eigenvalue weighted by atomic mass is 10.2. The maximum Gasteiger partial charge on any atom is 0.271 e. The highest BCUT2D eigenvalue weighted by Gasteiger charge is 2.09. The predicted octanol–water partition coefficient (Wildman–Crippen LogP) is 3.02. The molecule has 2 aromatic rings. The maximum absolute atomic E-state index is 11.9. The summed E-state index contributed by atoms with van der Waals surface area (Å²) in [4.78, 5) is 22.1. The highest BCUT2D eigenvalue weighted by Crippen LogP contribution is 2.20. The lowest BCUT2D eigenvalue weighted by Crippen LogP contribution is -2.17. The number of amides is 1. The van der Waals surface area contributed by atoms with Gasteiger partial charge in [0.05, 0.1) is 18.2 Å². The van der Waals surface area contributed by atoms with Crippen molar-refractivity contribution in [3.63, 3.8) is 0 Å². The zero-order chi connectivity index (χ0) is 16.8. The Morgan fingerprint density at radius 3 is 2.83 bits per heavy atom. The van der Waals surface area contributed by atoms with Gasteiger partial charge in [-0.1, -0.05) is 17.7 Å². The number of carbonyl (C=O) groups excluding carboxylic acids is 1. The summed E-state index contributed by atoms with van der Waals surface area (Å²) in [6.45, 7) is 0. The minimum Gasteiger partial charge on any atom is -0.497 e. The molecule has 0 atom stereocenters. The van der Waals surface area contributed by atoms with Crippen molar-refractivity contribution in [1.29, 1.82) is 0 Å². The van der Waals surface area contributed by atoms with Crippen molar-refractivity contribution in [2.45, 2.75) is 0 Å². The number of halogens is 1. The zero-order valence-electron chi connectivity index (χ0n) is 12.0. The van der Waals surface area contributed by atoms with Crippen molar-refractivity contribution in [3.8, 4) is 5.75 Å². The number of rotatable bonds is 5. The van der Waals surface area contributed by atoms with Gasteiger partial charge in [-0.2, -0.15) is 5.10 Å². The molecule has 0 radical (unpaired) electrons. The minimum absolute atomic E-state index is 0.116. The Morgan fingerprint density at radius 1 is 1.35 bits per heavy atom. The monoisotopic (exact) mass is 333 g/mol. The highest BCUT2D eigenvalue weighted by atomic mass is 35.5. The van der Waals surface area contributed by atoms with Crippen molar-refractivity contribution >= 4 is 29.4 Å². The number of nitro groups is 1. The molecule has 1 amide bonds. The molecule has 2 aromatic carbocycles. The number of nitrogens with one attached hydrogen (secondary N) is 1. The van der Waals surface area contributed by atoms with Crippen LogP contribution >= 0.6 is 11.6 Å². The lowest BCUT2D eigenvalue weighted by Gasteiger charge is -2.03. The van der Waals surface area contributed by atoms with Crippen molar-refractivity contribution in [3.05, 3.63) is 68.7 Å². The van der Waals surface area contributed by atoms with Gasteiger partial charge in [-0.15, -0.1) is 0 Å². The second kappa shape index (κ2) is 7.37. The Balaban J connectivity index is 2.10. The average molecular weight is 334 g/mol. The van der Waals surface area contributed by atoms with E-state index in [1.807, 2.05) is 0 Å². The molecule has 23 heavy (non-hydrogen) atoms. The highest BCUT2D eigenvalue weighted by molar-refractivity contribution is 6.33. The van der Waals surface area contributed by atoms with Gasteiger partial charge in [0.2, 0.25) is 0 Å². The first-order valence-corrected chi connectivity index (χ1v) is 6.80. The van der Waals surface area contributed by atoms with E-state index in [4.69, 9.17) is 16.3 Å². The number of benzene rings is 2. The minimum atomic E-state index is -0.539. The second-order valence-electron chi connectivity index (χ2n) is 4.39. The van der Waals surface area contributed by atoms with E-state index < -0.39 is 10.8 Å². The molecule has 118 valence electrons. The molecule has 0 aliphatic heterocycles. The molecule has 0 saturated carbocycles. The zero-order valence-corrected chi connectivity index (χ0v) is 12.8. The number of nitro benzene ring substituents is 1. The van der Waals surface area contributed by atoms with Crippen LogP contribution < -0.4 is 10.2 Å². The van der Waals surface area contributed by atoms with E-state index in [2.05, 4.69) is 10.5 Å². The Hall–Kier alpha value is -2.93. The van der Waals surface area contributed by atoms with E-state index in [0.29, 0.717) is 16.9 Å². The molecule has 0 saturated heterocycles. The van der Waals surface area contributed by atoms with Crippen LogP contribution in [0.2, 0.25) is 5.02 Å². The van der Waals surface area contributed by atoms with Gasteiger partial charge in [-0.25, -0.2) is 5.43 Å². The van der Waals surface area contributed by atoms with Gasteiger partial charge in [0.15, 0.2) is 0 Å². The third-order valence-corrected chi connectivity index (χ3v) is 3.24. The van der Waals surface area contributed by atoms with Crippen LogP contribution in [0.25, 0.3) is 0 Å². The Bertz CT molecular complexity index is 777. The number of hydrogen-bond donors (Lipinski definition) is 1. The Labute approximate surface area is 136 Å². The summed E-state index contributed by atoms with van der Waals surface area (Å²) >= 11 is 5.93. The molecule has 0 bridgehead atoms. The van der Waals surface area contributed by atoms with E-state index in [1.54, 1.807) is 24.3 Å². The first-order valence-electron chi connectivity index (χ1n) is 6.42. The van der Waals surface area contributed by atoms with Crippen molar-refractivity contribution in [1.82, 2.24) is 5.43 Å². The smallest absolute Gasteiger partial charge is 0.271 e. The largest absolute Gasteiger partial charge is 0.497 e. The molecule has 7 nitrogen and oxygen atoms in total. The van der Waals surface area contributed by atoms with Gasteiger partial charge in [-0.05, 0) is 24.3 Å². The number of non-ortho nitro benzene ring substituents is 1. The molecule has 0 unspecified atom stereocenters. The average Bonchev–Trinajstić information content (AvgIpc) is 2.56. The van der Waals surface area contributed by atoms with Crippen LogP contribution in [-0.4, -0.2) is 24.2 Å². The molecule has 0 aromatic heterocycles. The predicted molar refractivity (Wildman–Crippen MR) is 86.2 cm³/mol. The van der Waals surface area contributed by atoms with Gasteiger partial charge < -0.3 is 4.74 Å². The van der Waals surface area contributed by atoms with Crippen molar-refractivity contribution < 1.29 is 14.5 Å². The SMILES string of the molecule is COc1cccc(C(=O)N/N=C\c2cc([N+](=O)[O-])ccc2Cl)c1. The normalized spacial score (nSPS) is 10.5.